The normalized spacial score (nSPS) is 13.3. The summed E-state index contributed by atoms with van der Waals surface area (Å²) in [6.07, 6.45) is 0. The molecule has 0 saturated heterocycles. The zero-order valence-corrected chi connectivity index (χ0v) is 20.6. The SMILES string of the molecule is COc1ccc(C)cc1N1C(=O)C(Cl)=C(Nc2cccc(C(=O)Nc3cc(Cl)ccc3C)c2)C1=O. The van der Waals surface area contributed by atoms with Crippen molar-refractivity contribution >= 4 is 58.0 Å². The Hall–Kier alpha value is -3.81. The predicted octanol–water partition coefficient (Wildman–Crippen LogP) is 5.65. The first-order chi connectivity index (χ1) is 16.7. The van der Waals surface area contributed by atoms with E-state index in [-0.39, 0.29) is 16.6 Å². The molecule has 0 atom stereocenters. The molecule has 1 aliphatic heterocycles. The second-order valence-corrected chi connectivity index (χ2v) is 8.74. The number of carbonyl (C=O) groups is 3. The second kappa shape index (κ2) is 9.82. The van der Waals surface area contributed by atoms with Crippen molar-refractivity contribution in [1.82, 2.24) is 0 Å². The Bertz CT molecular complexity index is 1400. The second-order valence-electron chi connectivity index (χ2n) is 7.93. The van der Waals surface area contributed by atoms with Gasteiger partial charge in [-0.05, 0) is 67.4 Å². The zero-order chi connectivity index (χ0) is 25.3. The number of methoxy groups -OCH3 is 1. The molecule has 9 heteroatoms. The molecule has 3 amide bonds. The lowest BCUT2D eigenvalue weighted by atomic mass is 10.1. The van der Waals surface area contributed by atoms with Gasteiger partial charge in [-0.2, -0.15) is 0 Å². The number of anilines is 3. The van der Waals surface area contributed by atoms with Crippen molar-refractivity contribution < 1.29 is 19.1 Å². The third-order valence-electron chi connectivity index (χ3n) is 5.44. The smallest absolute Gasteiger partial charge is 0.283 e. The number of hydrogen-bond acceptors (Lipinski definition) is 5. The van der Waals surface area contributed by atoms with Crippen molar-refractivity contribution in [2.75, 3.05) is 22.6 Å². The highest BCUT2D eigenvalue weighted by molar-refractivity contribution is 6.53. The summed E-state index contributed by atoms with van der Waals surface area (Å²) in [5, 5.41) is 5.96. The number of benzene rings is 3. The van der Waals surface area contributed by atoms with Crippen LogP contribution in [-0.2, 0) is 9.59 Å². The van der Waals surface area contributed by atoms with E-state index in [1.54, 1.807) is 48.5 Å². The quantitative estimate of drug-likeness (QED) is 0.419. The van der Waals surface area contributed by atoms with E-state index >= 15 is 0 Å². The van der Waals surface area contributed by atoms with Gasteiger partial charge in [-0.15, -0.1) is 0 Å². The predicted molar refractivity (Wildman–Crippen MR) is 137 cm³/mol. The average molecular weight is 510 g/mol. The van der Waals surface area contributed by atoms with Gasteiger partial charge in [-0.25, -0.2) is 4.90 Å². The maximum absolute atomic E-state index is 13.2. The molecular formula is C26H21Cl2N3O4. The number of carbonyl (C=O) groups excluding carboxylic acids is 3. The number of amides is 3. The highest BCUT2D eigenvalue weighted by Crippen LogP contribution is 2.36. The van der Waals surface area contributed by atoms with Gasteiger partial charge < -0.3 is 15.4 Å². The van der Waals surface area contributed by atoms with Gasteiger partial charge in [0.1, 0.15) is 16.5 Å². The summed E-state index contributed by atoms with van der Waals surface area (Å²) in [4.78, 5) is 39.9. The van der Waals surface area contributed by atoms with Crippen molar-refractivity contribution in [3.63, 3.8) is 0 Å². The number of halogens is 2. The van der Waals surface area contributed by atoms with Crippen molar-refractivity contribution in [2.45, 2.75) is 13.8 Å². The fourth-order valence-electron chi connectivity index (χ4n) is 3.61. The Balaban J connectivity index is 1.58. The van der Waals surface area contributed by atoms with Gasteiger partial charge in [0.15, 0.2) is 0 Å². The number of hydrogen-bond donors (Lipinski definition) is 2. The molecule has 0 unspecified atom stereocenters. The molecule has 0 aromatic heterocycles. The topological polar surface area (TPSA) is 87.7 Å². The maximum atomic E-state index is 13.2. The number of nitrogens with zero attached hydrogens (tertiary/aromatic N) is 1. The molecule has 178 valence electrons. The first kappa shape index (κ1) is 24.3. The van der Waals surface area contributed by atoms with Crippen molar-refractivity contribution in [3.8, 4) is 5.75 Å². The third kappa shape index (κ3) is 4.87. The van der Waals surface area contributed by atoms with Gasteiger partial charge in [0.2, 0.25) is 0 Å². The lowest BCUT2D eigenvalue weighted by molar-refractivity contribution is -0.120. The average Bonchev–Trinajstić information content (AvgIpc) is 3.04. The Morgan fingerprint density at radius 3 is 2.46 bits per heavy atom. The van der Waals surface area contributed by atoms with Crippen LogP contribution in [-0.4, -0.2) is 24.8 Å². The van der Waals surface area contributed by atoms with Gasteiger partial charge in [-0.3, -0.25) is 14.4 Å². The highest BCUT2D eigenvalue weighted by atomic mass is 35.5. The number of nitrogens with one attached hydrogen (secondary N) is 2. The first-order valence-electron chi connectivity index (χ1n) is 10.6. The fourth-order valence-corrected chi connectivity index (χ4v) is 4.00. The Labute approximate surface area is 212 Å². The van der Waals surface area contributed by atoms with Gasteiger partial charge in [0, 0.05) is 22.0 Å². The van der Waals surface area contributed by atoms with Crippen molar-refractivity contribution in [2.24, 2.45) is 0 Å². The van der Waals surface area contributed by atoms with Gasteiger partial charge in [0.25, 0.3) is 17.7 Å². The molecule has 4 rings (SSSR count). The minimum Gasteiger partial charge on any atom is -0.495 e. The highest BCUT2D eigenvalue weighted by Gasteiger charge is 2.40. The van der Waals surface area contributed by atoms with Crippen LogP contribution in [0.15, 0.2) is 71.4 Å². The molecule has 0 radical (unpaired) electrons. The molecule has 0 aliphatic carbocycles. The van der Waals surface area contributed by atoms with E-state index in [1.807, 2.05) is 26.0 Å². The Morgan fingerprint density at radius 1 is 0.943 bits per heavy atom. The first-order valence-corrected chi connectivity index (χ1v) is 11.3. The van der Waals surface area contributed by atoms with Crippen LogP contribution < -0.4 is 20.3 Å². The van der Waals surface area contributed by atoms with E-state index in [0.29, 0.717) is 33.4 Å². The molecular weight excluding hydrogens is 489 g/mol. The van der Waals surface area contributed by atoms with Crippen LogP contribution in [0.2, 0.25) is 5.02 Å². The standard InChI is InChI=1S/C26H21Cl2N3O4/c1-14-7-10-21(35-3)20(11-14)31-25(33)22(28)23(26(31)34)29-18-6-4-5-16(12-18)24(32)30-19-13-17(27)9-8-15(19)2/h4-13,29H,1-3H3,(H,30,32). The molecule has 2 N–H and O–H groups in total. The summed E-state index contributed by atoms with van der Waals surface area (Å²) in [5.74, 6) is -1.31. The number of ether oxygens (including phenoxy) is 1. The van der Waals surface area contributed by atoms with Crippen LogP contribution in [0.4, 0.5) is 17.1 Å². The van der Waals surface area contributed by atoms with Crippen molar-refractivity contribution in [3.05, 3.63) is 93.1 Å². The van der Waals surface area contributed by atoms with E-state index in [4.69, 9.17) is 27.9 Å². The Kier molecular flexibility index (Phi) is 6.82. The summed E-state index contributed by atoms with van der Waals surface area (Å²) in [7, 11) is 1.45. The van der Waals surface area contributed by atoms with Crippen LogP contribution in [0.5, 0.6) is 5.75 Å². The van der Waals surface area contributed by atoms with Gasteiger partial charge in [0.05, 0.1) is 12.8 Å². The molecule has 0 spiro atoms. The molecule has 7 nitrogen and oxygen atoms in total. The van der Waals surface area contributed by atoms with Gasteiger partial charge in [-0.1, -0.05) is 41.4 Å². The maximum Gasteiger partial charge on any atom is 0.283 e. The monoisotopic (exact) mass is 509 g/mol. The summed E-state index contributed by atoms with van der Waals surface area (Å²) in [6.45, 7) is 3.69. The van der Waals surface area contributed by atoms with Crippen LogP contribution >= 0.6 is 23.2 Å². The number of rotatable bonds is 6. The zero-order valence-electron chi connectivity index (χ0n) is 19.1. The van der Waals surface area contributed by atoms with E-state index < -0.39 is 11.8 Å². The molecule has 0 saturated carbocycles. The van der Waals surface area contributed by atoms with Crippen LogP contribution in [0.3, 0.4) is 0 Å². The molecule has 1 heterocycles. The molecule has 35 heavy (non-hydrogen) atoms. The largest absolute Gasteiger partial charge is 0.495 e. The summed E-state index contributed by atoms with van der Waals surface area (Å²) in [5.41, 5.74) is 3.23. The molecule has 3 aromatic carbocycles. The van der Waals surface area contributed by atoms with E-state index in [0.717, 1.165) is 16.0 Å². The minimum absolute atomic E-state index is 0.0940. The molecule has 3 aromatic rings. The minimum atomic E-state index is -0.673. The van der Waals surface area contributed by atoms with E-state index in [1.165, 1.54) is 7.11 Å². The number of imide groups is 1. The van der Waals surface area contributed by atoms with Gasteiger partial charge >= 0.3 is 0 Å². The summed E-state index contributed by atoms with van der Waals surface area (Å²) < 4.78 is 5.32. The summed E-state index contributed by atoms with van der Waals surface area (Å²) >= 11 is 12.3. The van der Waals surface area contributed by atoms with E-state index in [2.05, 4.69) is 10.6 Å². The van der Waals surface area contributed by atoms with Crippen molar-refractivity contribution in [1.29, 1.82) is 0 Å². The van der Waals surface area contributed by atoms with E-state index in [9.17, 15) is 14.4 Å². The fraction of sp³-hybridized carbons (Fsp3) is 0.115. The molecule has 1 aliphatic rings. The molecule has 0 fully saturated rings. The lowest BCUT2D eigenvalue weighted by Crippen LogP contribution is -2.32. The molecule has 0 bridgehead atoms. The summed E-state index contributed by atoms with van der Waals surface area (Å²) in [6, 6.07) is 16.9. The van der Waals surface area contributed by atoms with Crippen LogP contribution in [0, 0.1) is 13.8 Å². The third-order valence-corrected chi connectivity index (χ3v) is 6.03. The number of aryl methyl sites for hydroxylation is 2. The van der Waals surface area contributed by atoms with Crippen LogP contribution in [0.25, 0.3) is 0 Å². The Morgan fingerprint density at radius 2 is 1.71 bits per heavy atom. The van der Waals surface area contributed by atoms with Crippen LogP contribution in [0.1, 0.15) is 21.5 Å². The lowest BCUT2D eigenvalue weighted by Gasteiger charge is -2.18.